The first-order chi connectivity index (χ1) is 25.2. The minimum Gasteiger partial charge on any atom is -0.460 e. The third kappa shape index (κ3) is 8.66. The van der Waals surface area contributed by atoms with Crippen LogP contribution in [0.2, 0.25) is 5.02 Å². The average Bonchev–Trinajstić information content (AvgIpc) is 3.82. The summed E-state index contributed by atoms with van der Waals surface area (Å²) < 4.78 is 57.5. The Hall–Kier alpha value is -5.34. The molecule has 2 N–H and O–H groups in total. The van der Waals surface area contributed by atoms with Gasteiger partial charge in [0.1, 0.15) is 24.6 Å². The number of carbonyl (C=O) groups is 2. The summed E-state index contributed by atoms with van der Waals surface area (Å²) in [5.74, 6) is -5.45. The van der Waals surface area contributed by atoms with Crippen molar-refractivity contribution < 1.29 is 41.9 Å². The molecule has 0 bridgehead atoms. The Morgan fingerprint density at radius 3 is 2.57 bits per heavy atom. The normalized spacial score (nSPS) is 13.4. The summed E-state index contributed by atoms with van der Waals surface area (Å²) in [6.45, 7) is 2.47. The molecule has 0 aliphatic rings. The minimum atomic E-state index is -2.22. The third-order valence-electron chi connectivity index (χ3n) is 8.52. The van der Waals surface area contributed by atoms with Crippen LogP contribution < -0.4 is 14.8 Å². The maximum atomic E-state index is 15.4. The third-order valence-corrected chi connectivity index (χ3v) is 9.90. The topological polar surface area (TPSA) is 146 Å². The smallest absolute Gasteiger partial charge is 0.416 e. The number of thiazole rings is 1. The Balaban J connectivity index is 1.38. The quantitative estimate of drug-likeness (QED) is 0.0839. The molecule has 5 aromatic rings. The molecule has 3 aromatic carbocycles. The molecule has 5 rings (SSSR count). The minimum absolute atomic E-state index is 0.0160. The Kier molecular flexibility index (Phi) is 12.1. The zero-order valence-electron chi connectivity index (χ0n) is 28.9. The fraction of sp³-hybridized carbons (Fsp3) is 0.278. The van der Waals surface area contributed by atoms with Crippen LogP contribution in [0.25, 0.3) is 11.3 Å². The van der Waals surface area contributed by atoms with Gasteiger partial charge in [-0.05, 0) is 37.4 Å². The molecule has 0 saturated carbocycles. The molecule has 276 valence electrons. The molecular formula is C36H34ClF3N7O5S+. The van der Waals surface area contributed by atoms with E-state index in [0.717, 1.165) is 0 Å². The van der Waals surface area contributed by atoms with Crippen LogP contribution in [0.15, 0.2) is 72.6 Å². The van der Waals surface area contributed by atoms with Gasteiger partial charge < -0.3 is 19.9 Å². The van der Waals surface area contributed by atoms with E-state index in [1.54, 1.807) is 68.7 Å². The summed E-state index contributed by atoms with van der Waals surface area (Å²) in [5, 5.41) is 30.7. The second-order valence-electron chi connectivity index (χ2n) is 12.0. The molecule has 0 fully saturated rings. The first-order valence-electron chi connectivity index (χ1n) is 16.0. The number of aromatic nitrogens is 4. The van der Waals surface area contributed by atoms with Gasteiger partial charge in [0.25, 0.3) is 6.33 Å². The van der Waals surface area contributed by atoms with E-state index in [4.69, 9.17) is 26.3 Å². The summed E-state index contributed by atoms with van der Waals surface area (Å²) in [4.78, 5) is 31.0. The number of halogens is 4. The van der Waals surface area contributed by atoms with Gasteiger partial charge in [-0.25, -0.2) is 22.9 Å². The van der Waals surface area contributed by atoms with Crippen LogP contribution in [-0.2, 0) is 33.0 Å². The molecule has 0 saturated heterocycles. The van der Waals surface area contributed by atoms with Crippen LogP contribution in [-0.4, -0.2) is 52.6 Å². The molecule has 2 aromatic heterocycles. The van der Waals surface area contributed by atoms with Crippen molar-refractivity contribution in [3.05, 3.63) is 117 Å². The number of nitrogens with one attached hydrogen (secondary N) is 1. The Morgan fingerprint density at radius 2 is 1.87 bits per heavy atom. The van der Waals surface area contributed by atoms with Crippen molar-refractivity contribution >= 4 is 40.7 Å². The van der Waals surface area contributed by atoms with Crippen LogP contribution in [0.3, 0.4) is 0 Å². The largest absolute Gasteiger partial charge is 0.460 e. The van der Waals surface area contributed by atoms with Crippen LogP contribution in [0.4, 0.5) is 23.7 Å². The zero-order chi connectivity index (χ0) is 38.4. The molecule has 0 spiro atoms. The number of rotatable bonds is 13. The summed E-state index contributed by atoms with van der Waals surface area (Å²) >= 11 is 7.54. The van der Waals surface area contributed by atoms with Gasteiger partial charge in [-0.15, -0.1) is 16.0 Å². The first-order valence-corrected chi connectivity index (χ1v) is 17.3. The number of nitriles is 1. The molecule has 3 atom stereocenters. The van der Waals surface area contributed by atoms with Crippen LogP contribution >= 0.6 is 22.9 Å². The number of ether oxygens (including phenoxy) is 2. The number of esters is 1. The maximum Gasteiger partial charge on any atom is 0.416 e. The lowest BCUT2D eigenvalue weighted by Crippen LogP contribution is -2.42. The van der Waals surface area contributed by atoms with Crippen molar-refractivity contribution in [3.8, 4) is 17.3 Å². The summed E-state index contributed by atoms with van der Waals surface area (Å²) in [5.41, 5.74) is -0.324. The van der Waals surface area contributed by atoms with Crippen molar-refractivity contribution in [2.24, 2.45) is 0 Å². The van der Waals surface area contributed by atoms with E-state index in [0.29, 0.717) is 45.2 Å². The number of nitrogens with zero attached hydrogens (tertiary/aromatic N) is 6. The number of likely N-dealkylation sites (N-methyl/N-ethyl adjacent to an activating group) is 1. The lowest BCUT2D eigenvalue weighted by Gasteiger charge is -2.32. The van der Waals surface area contributed by atoms with E-state index in [2.05, 4.69) is 15.4 Å². The van der Waals surface area contributed by atoms with Crippen LogP contribution in [0, 0.1) is 28.8 Å². The highest BCUT2D eigenvalue weighted by atomic mass is 35.5. The van der Waals surface area contributed by atoms with Crippen LogP contribution in [0.1, 0.15) is 47.7 Å². The highest BCUT2D eigenvalue weighted by Gasteiger charge is 2.44. The van der Waals surface area contributed by atoms with Gasteiger partial charge in [0.2, 0.25) is 12.6 Å². The first kappa shape index (κ1) is 38.9. The molecule has 17 heteroatoms. The molecule has 53 heavy (non-hydrogen) atoms. The van der Waals surface area contributed by atoms with Crippen molar-refractivity contribution in [3.63, 3.8) is 0 Å². The predicted molar refractivity (Wildman–Crippen MR) is 188 cm³/mol. The number of benzene rings is 3. The number of amides is 1. The van der Waals surface area contributed by atoms with E-state index >= 15 is 4.39 Å². The van der Waals surface area contributed by atoms with Gasteiger partial charge in [-0.1, -0.05) is 36.7 Å². The Labute approximate surface area is 311 Å². The molecule has 0 aliphatic carbocycles. The number of hydrogen-bond acceptors (Lipinski definition) is 10. The highest BCUT2D eigenvalue weighted by Crippen LogP contribution is 2.42. The fourth-order valence-corrected chi connectivity index (χ4v) is 6.64. The fourth-order valence-electron chi connectivity index (χ4n) is 5.44. The van der Waals surface area contributed by atoms with Gasteiger partial charge in [-0.2, -0.15) is 9.83 Å². The molecular weight excluding hydrogens is 735 g/mol. The molecule has 12 nitrogen and oxygen atoms in total. The molecule has 0 radical (unpaired) electrons. The number of hydrogen-bond donors (Lipinski definition) is 2. The van der Waals surface area contributed by atoms with Gasteiger partial charge in [-0.3, -0.25) is 9.69 Å². The Bertz CT molecular complexity index is 2160. The van der Waals surface area contributed by atoms with Gasteiger partial charge in [0.05, 0.1) is 34.6 Å². The number of aliphatic hydroxyl groups is 1. The SMILES string of the molecule is CNCC(=O)OCc1c(Cl)cccc1N(C)C(=O)OC(C)[n+]1cnn(CC(O)(c2cc(F)c(F)cc2F)C(C)c2nc(-c3ccc(C#N)cc3)cs2)c1. The van der Waals surface area contributed by atoms with Gasteiger partial charge in [0.15, 0.2) is 11.6 Å². The van der Waals surface area contributed by atoms with E-state index in [-0.39, 0.29) is 18.2 Å². The van der Waals surface area contributed by atoms with Gasteiger partial charge >= 0.3 is 12.1 Å². The molecule has 1 amide bonds. The standard InChI is InChI=1S/C36H34ClF3N7O5S/c1-21(34-44-31(17-53-34)24-10-8-23(14-41)9-11-24)36(50,26-12-29(39)30(40)13-28(26)38)18-47-20-46(19-43-47)22(2)52-35(49)45(4)32-7-5-6-27(37)25(32)16-51-33(48)15-42-3/h5-13,17,19-22,42,50H,15-16,18H2,1-4H3/q+1. The lowest BCUT2D eigenvalue weighted by atomic mass is 9.82. The average molecular weight is 769 g/mol. The van der Waals surface area contributed by atoms with E-state index in [1.165, 1.54) is 45.2 Å². The van der Waals surface area contributed by atoms with Crippen molar-refractivity contribution in [2.45, 2.75) is 44.7 Å². The maximum absolute atomic E-state index is 15.4. The van der Waals surface area contributed by atoms with E-state index in [1.807, 2.05) is 6.07 Å². The second kappa shape index (κ2) is 16.6. The van der Waals surface area contributed by atoms with Crippen molar-refractivity contribution in [2.75, 3.05) is 25.5 Å². The van der Waals surface area contributed by atoms with E-state index < -0.39 is 59.4 Å². The van der Waals surface area contributed by atoms with Crippen molar-refractivity contribution in [1.29, 1.82) is 5.26 Å². The van der Waals surface area contributed by atoms with Gasteiger partial charge in [0, 0.05) is 58.1 Å². The summed E-state index contributed by atoms with van der Waals surface area (Å²) in [6.07, 6.45) is 0.944. The summed E-state index contributed by atoms with van der Waals surface area (Å²) in [7, 11) is 3.05. The molecule has 3 unspecified atom stereocenters. The number of anilines is 1. The second-order valence-corrected chi connectivity index (χ2v) is 13.3. The predicted octanol–water partition coefficient (Wildman–Crippen LogP) is 5.98. The number of carbonyl (C=O) groups excluding carboxylic acids is 2. The monoisotopic (exact) mass is 768 g/mol. The van der Waals surface area contributed by atoms with Crippen molar-refractivity contribution in [1.82, 2.24) is 20.1 Å². The lowest BCUT2D eigenvalue weighted by molar-refractivity contribution is -0.753. The van der Waals surface area contributed by atoms with E-state index in [9.17, 15) is 23.5 Å². The zero-order valence-corrected chi connectivity index (χ0v) is 30.5. The summed E-state index contributed by atoms with van der Waals surface area (Å²) in [6, 6.07) is 14.6. The molecule has 0 aliphatic heterocycles. The molecule has 2 heterocycles. The Morgan fingerprint density at radius 1 is 1.15 bits per heavy atom. The van der Waals surface area contributed by atoms with Crippen LogP contribution in [0.5, 0.6) is 0 Å². The highest BCUT2D eigenvalue weighted by molar-refractivity contribution is 7.10.